The van der Waals surface area contributed by atoms with E-state index in [0.717, 1.165) is 17.5 Å². The third-order valence-electron chi connectivity index (χ3n) is 9.34. The molecule has 3 aliphatic rings. The number of ether oxygens (including phenoxy) is 1. The van der Waals surface area contributed by atoms with Crippen LogP contribution in [0.2, 0.25) is 0 Å². The van der Waals surface area contributed by atoms with Crippen LogP contribution in [0.5, 0.6) is 5.88 Å². The molecule has 0 saturated carbocycles. The Morgan fingerprint density at radius 1 is 1.08 bits per heavy atom. The summed E-state index contributed by atoms with van der Waals surface area (Å²) in [5.41, 5.74) is 15.8. The quantitative estimate of drug-likeness (QED) is 0.234. The van der Waals surface area contributed by atoms with Crippen LogP contribution >= 0.6 is 0 Å². The Balaban J connectivity index is 1.06. The molecule has 0 radical (unpaired) electrons. The van der Waals surface area contributed by atoms with Crippen molar-refractivity contribution in [3.63, 3.8) is 0 Å². The number of methoxy groups -OCH3 is 1. The van der Waals surface area contributed by atoms with Crippen molar-refractivity contribution in [2.45, 2.75) is 19.3 Å². The Morgan fingerprint density at radius 3 is 2.60 bits per heavy atom. The van der Waals surface area contributed by atoms with Crippen molar-refractivity contribution in [2.75, 3.05) is 64.1 Å². The van der Waals surface area contributed by atoms with Crippen molar-refractivity contribution in [1.82, 2.24) is 19.8 Å². The maximum Gasteiger partial charge on any atom is 0.237 e. The van der Waals surface area contributed by atoms with Crippen LogP contribution in [0.25, 0.3) is 5.57 Å². The van der Waals surface area contributed by atoms with E-state index in [1.807, 2.05) is 29.2 Å². The molecule has 0 bridgehead atoms. The zero-order chi connectivity index (χ0) is 33.8. The van der Waals surface area contributed by atoms with Gasteiger partial charge in [-0.1, -0.05) is 36.4 Å². The maximum atomic E-state index is 13.9. The van der Waals surface area contributed by atoms with E-state index in [-0.39, 0.29) is 29.8 Å². The van der Waals surface area contributed by atoms with E-state index in [1.54, 1.807) is 42.3 Å². The van der Waals surface area contributed by atoms with Gasteiger partial charge < -0.3 is 21.1 Å². The third-order valence-corrected chi connectivity index (χ3v) is 9.34. The Kier molecular flexibility index (Phi) is 9.30. The number of hydrogen-bond acceptors (Lipinski definition) is 9. The van der Waals surface area contributed by atoms with Crippen molar-refractivity contribution in [3.8, 4) is 5.88 Å². The molecule has 2 saturated heterocycles. The van der Waals surface area contributed by atoms with E-state index in [0.29, 0.717) is 74.5 Å². The van der Waals surface area contributed by atoms with Crippen molar-refractivity contribution in [2.24, 2.45) is 21.1 Å². The topological polar surface area (TPSA) is 179 Å². The molecule has 48 heavy (non-hydrogen) atoms. The number of benzene rings is 1. The highest BCUT2D eigenvalue weighted by Crippen LogP contribution is 2.42. The van der Waals surface area contributed by atoms with E-state index in [9.17, 15) is 9.59 Å². The van der Waals surface area contributed by atoms with Gasteiger partial charge in [0.25, 0.3) is 0 Å². The second-order valence-corrected chi connectivity index (χ2v) is 12.3. The summed E-state index contributed by atoms with van der Waals surface area (Å²) in [6, 6.07) is 16.5. The first-order valence-corrected chi connectivity index (χ1v) is 15.9. The minimum Gasteiger partial charge on any atom is -0.481 e. The maximum absolute atomic E-state index is 13.9. The molecule has 1 spiro atoms. The van der Waals surface area contributed by atoms with Gasteiger partial charge in [-0.25, -0.2) is 15.0 Å². The van der Waals surface area contributed by atoms with Crippen LogP contribution in [-0.4, -0.2) is 103 Å². The average Bonchev–Trinajstić information content (AvgIpc) is 3.68. The van der Waals surface area contributed by atoms with Gasteiger partial charge in [0, 0.05) is 44.9 Å². The first-order chi connectivity index (χ1) is 23.2. The molecule has 5 heterocycles. The zero-order valence-corrected chi connectivity index (χ0v) is 27.2. The molecule has 13 heteroatoms. The van der Waals surface area contributed by atoms with Crippen LogP contribution in [0.1, 0.15) is 41.8 Å². The Bertz CT molecular complexity index is 1820. The molecule has 2 fully saturated rings. The number of carbonyl (C=O) groups excluding carboxylic acids is 2. The number of pyridine rings is 2. The lowest BCUT2D eigenvalue weighted by Crippen LogP contribution is -2.43. The number of nitrogens with one attached hydrogen (secondary N) is 1. The van der Waals surface area contributed by atoms with Crippen molar-refractivity contribution < 1.29 is 14.3 Å². The molecule has 0 unspecified atom stereocenters. The summed E-state index contributed by atoms with van der Waals surface area (Å²) in [5, 5.41) is 8.71. The summed E-state index contributed by atoms with van der Waals surface area (Å²) in [6.07, 6.45) is 5.65. The van der Waals surface area contributed by atoms with Gasteiger partial charge in [0.2, 0.25) is 17.7 Å². The van der Waals surface area contributed by atoms with Crippen LogP contribution in [-0.2, 0) is 9.59 Å². The molecule has 248 valence electrons. The fourth-order valence-electron chi connectivity index (χ4n) is 6.61. The van der Waals surface area contributed by atoms with Crippen LogP contribution in [0, 0.1) is 10.8 Å². The molecule has 13 nitrogen and oxygen atoms in total. The van der Waals surface area contributed by atoms with E-state index in [1.165, 1.54) is 19.0 Å². The number of aliphatic imine (C=N–C) groups is 2. The van der Waals surface area contributed by atoms with Gasteiger partial charge in [0.15, 0.2) is 0 Å². The summed E-state index contributed by atoms with van der Waals surface area (Å²) >= 11 is 0. The van der Waals surface area contributed by atoms with Gasteiger partial charge >= 0.3 is 0 Å². The van der Waals surface area contributed by atoms with Gasteiger partial charge in [-0.05, 0) is 55.1 Å². The predicted octanol–water partition coefficient (Wildman–Crippen LogP) is 2.59. The number of aromatic nitrogens is 2. The van der Waals surface area contributed by atoms with Crippen molar-refractivity contribution >= 4 is 46.8 Å². The molecule has 2 aromatic heterocycles. The second kappa shape index (κ2) is 13.7. The first-order valence-electron chi connectivity index (χ1n) is 15.9. The fraction of sp³-hybridized carbons (Fsp3) is 0.343. The Labute approximate surface area is 279 Å². The molecule has 2 amide bonds. The third kappa shape index (κ3) is 6.54. The molecular weight excluding hydrogens is 608 g/mol. The monoisotopic (exact) mass is 648 g/mol. The SMILES string of the molecule is CN=CN=C(N)c1ccc(C2=CCN(C(=O)CN3CC[C@]4(CCN(c5ccc(N)c(C(=N)c6cccc(OC)n6)n5)C4=O)C3)CC2)cc1. The standard InChI is InChI=1S/C35H40N10O3/c1-39-22-40-33(38)25-8-6-23(7-9-25)24-12-16-44(17-13-24)30(46)20-43-18-14-35(21-43)15-19-45(34(35)47)28-11-10-26(36)32(42-28)31(37)27-4-3-5-29(41-27)48-2/h3-12,22,37H,13-21,36H2,1-2H3,(H2,38,39,40)/t35-/m0/s1. The Morgan fingerprint density at radius 2 is 1.88 bits per heavy atom. The highest BCUT2D eigenvalue weighted by Gasteiger charge is 2.51. The van der Waals surface area contributed by atoms with Gasteiger partial charge in [-0.15, -0.1) is 0 Å². The highest BCUT2D eigenvalue weighted by atomic mass is 16.5. The van der Waals surface area contributed by atoms with Gasteiger partial charge in [-0.2, -0.15) is 0 Å². The van der Waals surface area contributed by atoms with Crippen LogP contribution in [0.4, 0.5) is 11.5 Å². The number of hydrogen-bond donors (Lipinski definition) is 3. The van der Waals surface area contributed by atoms with E-state index >= 15 is 0 Å². The molecular formula is C35H40N10O3. The second-order valence-electron chi connectivity index (χ2n) is 12.3. The number of likely N-dealkylation sites (tertiary alicyclic amines) is 1. The molecule has 6 rings (SSSR count). The van der Waals surface area contributed by atoms with E-state index in [4.69, 9.17) is 21.6 Å². The molecule has 5 N–H and O–H groups in total. The number of amides is 2. The smallest absolute Gasteiger partial charge is 0.237 e. The molecule has 0 aliphatic carbocycles. The average molecular weight is 649 g/mol. The molecule has 1 aromatic carbocycles. The van der Waals surface area contributed by atoms with E-state index < -0.39 is 5.41 Å². The lowest BCUT2D eigenvalue weighted by Gasteiger charge is -2.29. The van der Waals surface area contributed by atoms with E-state index in [2.05, 4.69) is 30.9 Å². The van der Waals surface area contributed by atoms with Crippen LogP contribution in [0.3, 0.4) is 0 Å². The summed E-state index contributed by atoms with van der Waals surface area (Å²) in [4.78, 5) is 49.8. The minimum atomic E-state index is -0.566. The predicted molar refractivity (Wildman–Crippen MR) is 187 cm³/mol. The number of nitrogens with zero attached hydrogens (tertiary/aromatic N) is 7. The van der Waals surface area contributed by atoms with Crippen LogP contribution in [0.15, 0.2) is 70.7 Å². The number of nitrogen functional groups attached to an aromatic ring is 1. The molecule has 3 aliphatic heterocycles. The van der Waals surface area contributed by atoms with Crippen molar-refractivity contribution in [3.05, 3.63) is 83.2 Å². The number of nitrogens with two attached hydrogens (primary N) is 2. The molecule has 1 atom stereocenters. The lowest BCUT2D eigenvalue weighted by atomic mass is 9.85. The molecule has 3 aromatic rings. The fourth-order valence-corrected chi connectivity index (χ4v) is 6.61. The zero-order valence-electron chi connectivity index (χ0n) is 27.2. The number of anilines is 2. The van der Waals surface area contributed by atoms with Gasteiger partial charge in [0.1, 0.15) is 29.4 Å². The summed E-state index contributed by atoms with van der Waals surface area (Å²) in [7, 11) is 3.16. The Hall–Kier alpha value is -5.43. The number of carbonyl (C=O) groups is 2. The normalized spacial score (nSPS) is 20.2. The van der Waals surface area contributed by atoms with Gasteiger partial charge in [-0.3, -0.25) is 29.8 Å². The summed E-state index contributed by atoms with van der Waals surface area (Å²) in [6.45, 7) is 3.17. The summed E-state index contributed by atoms with van der Waals surface area (Å²) < 4.78 is 5.20. The number of rotatable bonds is 9. The lowest BCUT2D eigenvalue weighted by molar-refractivity contribution is -0.132. The largest absolute Gasteiger partial charge is 0.481 e. The summed E-state index contributed by atoms with van der Waals surface area (Å²) in [5.74, 6) is 1.31. The van der Waals surface area contributed by atoms with Crippen LogP contribution < -0.4 is 21.1 Å². The highest BCUT2D eigenvalue weighted by molar-refractivity contribution is 6.12. The number of amidine groups is 1. The van der Waals surface area contributed by atoms with Crippen molar-refractivity contribution in [1.29, 1.82) is 5.41 Å². The van der Waals surface area contributed by atoms with Gasteiger partial charge in [0.05, 0.1) is 30.5 Å². The minimum absolute atomic E-state index is 0.00482. The first kappa shape index (κ1) is 32.5.